The first-order valence-electron chi connectivity index (χ1n) is 18.3. The monoisotopic (exact) mass is 891 g/mol. The van der Waals surface area contributed by atoms with E-state index in [1.54, 1.807) is 30.3 Å². The number of hydrogen-bond donors (Lipinski definition) is 2. The summed E-state index contributed by atoms with van der Waals surface area (Å²) in [6.07, 6.45) is -24.6. The van der Waals surface area contributed by atoms with Crippen LogP contribution in [0.25, 0.3) is 0 Å². The number of alkyl halides is 11. The molecular weight excluding hydrogens is 854 g/mol. The van der Waals surface area contributed by atoms with Gasteiger partial charge in [0.25, 0.3) is 11.7 Å². The highest BCUT2D eigenvalue weighted by Crippen LogP contribution is 2.66. The van der Waals surface area contributed by atoms with E-state index >= 15 is 0 Å². The van der Waals surface area contributed by atoms with Gasteiger partial charge in [0.2, 0.25) is 0 Å². The molecule has 4 bridgehead atoms. The Morgan fingerprint density at radius 3 is 1.76 bits per heavy atom. The van der Waals surface area contributed by atoms with E-state index in [4.69, 9.17) is 9.29 Å². The third kappa shape index (κ3) is 8.14. The molecule has 4 aliphatic rings. The molecule has 4 fully saturated rings. The van der Waals surface area contributed by atoms with Crippen molar-refractivity contribution in [3.63, 3.8) is 0 Å². The second-order valence-electron chi connectivity index (χ2n) is 15.8. The number of esters is 1. The van der Waals surface area contributed by atoms with Crippen molar-refractivity contribution in [3.05, 3.63) is 84.4 Å². The Hall–Kier alpha value is -3.62. The SMILES string of the molecule is CC(C)C(Oc1ccc([S+](c2ccccc2)c2ccccc2C2C3CC4CC2CC(C(=O)OC(C(F)(F)F)C(F)(F)S(=O)(=O)O)(C4)C3)cc1)C(O)(C(F)(F)F)C(F)(F)F. The molecule has 3 aromatic rings. The van der Waals surface area contributed by atoms with Crippen LogP contribution in [0.1, 0.15) is 57.4 Å². The lowest BCUT2D eigenvalue weighted by Gasteiger charge is -2.59. The second-order valence-corrected chi connectivity index (χ2v) is 19.3. The molecule has 0 aliphatic heterocycles. The summed E-state index contributed by atoms with van der Waals surface area (Å²) in [7, 11) is -7.66. The molecule has 7 rings (SSSR count). The van der Waals surface area contributed by atoms with E-state index in [2.05, 4.69) is 4.74 Å². The van der Waals surface area contributed by atoms with Crippen molar-refractivity contribution in [2.24, 2.45) is 29.1 Å². The number of aliphatic hydroxyl groups is 1. The van der Waals surface area contributed by atoms with Gasteiger partial charge in [0, 0.05) is 5.56 Å². The molecule has 0 radical (unpaired) electrons. The number of rotatable bonds is 12. The summed E-state index contributed by atoms with van der Waals surface area (Å²) >= 11 is 0. The Bertz CT molecular complexity index is 2080. The second kappa shape index (κ2) is 15.4. The van der Waals surface area contributed by atoms with Crippen LogP contribution in [0.4, 0.5) is 48.3 Å². The summed E-state index contributed by atoms with van der Waals surface area (Å²) in [5, 5.41) is 4.25. The summed E-state index contributed by atoms with van der Waals surface area (Å²) in [6, 6.07) is 21.4. The Morgan fingerprint density at radius 1 is 0.763 bits per heavy atom. The minimum atomic E-state index is -6.65. The zero-order valence-corrected chi connectivity index (χ0v) is 32.6. The highest BCUT2D eigenvalue weighted by Gasteiger charge is 2.76. The number of halogens is 11. The molecule has 4 aliphatic carbocycles. The number of ether oxygens (including phenoxy) is 2. The largest absolute Gasteiger partial charge is 0.486 e. The Balaban J connectivity index is 1.34. The van der Waals surface area contributed by atoms with Crippen LogP contribution in [-0.2, 0) is 30.5 Å². The van der Waals surface area contributed by atoms with Crippen molar-refractivity contribution in [1.82, 2.24) is 0 Å². The van der Waals surface area contributed by atoms with Crippen LogP contribution < -0.4 is 4.74 Å². The van der Waals surface area contributed by atoms with Gasteiger partial charge in [0.1, 0.15) is 11.9 Å². The molecule has 20 heteroatoms. The molecule has 0 heterocycles. The minimum Gasteiger partial charge on any atom is -0.486 e. The van der Waals surface area contributed by atoms with Gasteiger partial charge >= 0.3 is 39.9 Å². The van der Waals surface area contributed by atoms with Gasteiger partial charge in [-0.1, -0.05) is 50.2 Å². The molecule has 0 aromatic heterocycles. The van der Waals surface area contributed by atoms with Crippen molar-refractivity contribution in [3.8, 4) is 5.75 Å². The Morgan fingerprint density at radius 2 is 1.27 bits per heavy atom. The highest BCUT2D eigenvalue weighted by molar-refractivity contribution is 7.97. The predicted molar refractivity (Wildman–Crippen MR) is 189 cm³/mol. The minimum absolute atomic E-state index is 0.0268. The predicted octanol–water partition coefficient (Wildman–Crippen LogP) is 9.91. The Labute approximate surface area is 334 Å². The van der Waals surface area contributed by atoms with E-state index in [9.17, 15) is 66.6 Å². The molecule has 4 saturated carbocycles. The van der Waals surface area contributed by atoms with Gasteiger partial charge in [-0.25, -0.2) is 0 Å². The molecule has 0 amide bonds. The van der Waals surface area contributed by atoms with E-state index in [0.717, 1.165) is 29.2 Å². The number of carbonyl (C=O) groups excluding carboxylic acids is 1. The lowest BCUT2D eigenvalue weighted by Crippen LogP contribution is -2.67. The highest BCUT2D eigenvalue weighted by atomic mass is 32.2. The number of hydrogen-bond acceptors (Lipinski definition) is 6. The molecule has 59 heavy (non-hydrogen) atoms. The van der Waals surface area contributed by atoms with Crippen molar-refractivity contribution in [2.75, 3.05) is 0 Å². The van der Waals surface area contributed by atoms with Crippen LogP contribution in [0.15, 0.2) is 93.5 Å². The molecule has 5 atom stereocenters. The topological polar surface area (TPSA) is 110 Å². The lowest BCUT2D eigenvalue weighted by atomic mass is 9.45. The normalized spacial score (nSPS) is 25.4. The molecule has 5 unspecified atom stereocenters. The van der Waals surface area contributed by atoms with Crippen LogP contribution in [0.2, 0.25) is 0 Å². The van der Waals surface area contributed by atoms with Crippen LogP contribution in [0, 0.1) is 29.1 Å². The van der Waals surface area contributed by atoms with E-state index in [1.165, 1.54) is 24.3 Å². The van der Waals surface area contributed by atoms with Crippen LogP contribution >= 0.6 is 0 Å². The Kier molecular flexibility index (Phi) is 11.7. The maximum absolute atomic E-state index is 14.4. The van der Waals surface area contributed by atoms with Gasteiger partial charge in [0.15, 0.2) is 14.7 Å². The standard InChI is InChI=1S/C39H37F11O7S2/c1-21(2)31(35(52,38(45,46)47)39(48,49)50)56-25-12-14-27(15-13-25)58(26-8-4-3-5-9-26)29-11-7-6-10-28(29)30-23-16-22-17-24(30)20-34(18-22,19-23)33(51)57-32(36(40,41)42)37(43,44)59(53,54)55/h3-15,21-24,30-32,52H,16-20H2,1-2H3/p+1. The first-order chi connectivity index (χ1) is 27.1. The lowest BCUT2D eigenvalue weighted by molar-refractivity contribution is -0.392. The molecule has 0 spiro atoms. The van der Waals surface area contributed by atoms with Crippen molar-refractivity contribution in [2.45, 2.75) is 108 Å². The maximum Gasteiger partial charge on any atom is 0.432 e. The molecular formula is C39H38F11O7S2+. The van der Waals surface area contributed by atoms with Gasteiger partial charge in [0.05, 0.1) is 16.3 Å². The average molecular weight is 892 g/mol. The quantitative estimate of drug-likeness (QED) is 0.0807. The van der Waals surface area contributed by atoms with Gasteiger partial charge in [-0.05, 0) is 104 Å². The van der Waals surface area contributed by atoms with Crippen molar-refractivity contribution >= 4 is 27.0 Å². The van der Waals surface area contributed by atoms with Gasteiger partial charge < -0.3 is 14.6 Å². The molecule has 0 saturated heterocycles. The van der Waals surface area contributed by atoms with E-state index < -0.39 is 79.9 Å². The van der Waals surface area contributed by atoms with Crippen molar-refractivity contribution < 1.29 is 80.6 Å². The van der Waals surface area contributed by atoms with E-state index in [-0.39, 0.29) is 48.7 Å². The van der Waals surface area contributed by atoms with E-state index in [0.29, 0.717) is 17.7 Å². The van der Waals surface area contributed by atoms with E-state index in [1.807, 2.05) is 24.3 Å². The molecule has 324 valence electrons. The van der Waals surface area contributed by atoms with Gasteiger partial charge in [-0.2, -0.15) is 56.7 Å². The van der Waals surface area contributed by atoms with Gasteiger partial charge in [-0.3, -0.25) is 9.35 Å². The zero-order chi connectivity index (χ0) is 43.7. The molecule has 3 aromatic carbocycles. The zero-order valence-electron chi connectivity index (χ0n) is 31.0. The number of carbonyl (C=O) groups is 1. The van der Waals surface area contributed by atoms with Crippen LogP contribution in [0.5, 0.6) is 5.75 Å². The smallest absolute Gasteiger partial charge is 0.432 e. The third-order valence-corrected chi connectivity index (χ3v) is 14.8. The fourth-order valence-electron chi connectivity index (χ4n) is 9.35. The first-order valence-corrected chi connectivity index (χ1v) is 20.9. The summed E-state index contributed by atoms with van der Waals surface area (Å²) in [5.74, 6) is -4.72. The summed E-state index contributed by atoms with van der Waals surface area (Å²) in [4.78, 5) is 15.6. The number of benzene rings is 3. The fourth-order valence-corrected chi connectivity index (χ4v) is 12.1. The third-order valence-electron chi connectivity index (χ3n) is 11.6. The van der Waals surface area contributed by atoms with Crippen LogP contribution in [-0.4, -0.2) is 65.6 Å². The summed E-state index contributed by atoms with van der Waals surface area (Å²) in [6.45, 7) is 2.09. The van der Waals surface area contributed by atoms with Crippen LogP contribution in [0.3, 0.4) is 0 Å². The molecule has 2 N–H and O–H groups in total. The molecule has 7 nitrogen and oxygen atoms in total. The maximum atomic E-state index is 14.4. The van der Waals surface area contributed by atoms with Crippen molar-refractivity contribution in [1.29, 1.82) is 0 Å². The van der Waals surface area contributed by atoms with Gasteiger partial charge in [-0.15, -0.1) is 0 Å². The average Bonchev–Trinajstić information content (AvgIpc) is 3.11. The summed E-state index contributed by atoms with van der Waals surface area (Å²) in [5.41, 5.74) is -6.04. The first kappa shape index (κ1) is 44.9. The summed E-state index contributed by atoms with van der Waals surface area (Å²) < 4.78 is 194. The fraction of sp³-hybridized carbons (Fsp3) is 0.513.